The first kappa shape index (κ1) is 14.7. The van der Waals surface area contributed by atoms with Gasteiger partial charge in [0.05, 0.1) is 12.4 Å². The second-order valence-corrected chi connectivity index (χ2v) is 6.41. The van der Waals surface area contributed by atoms with Gasteiger partial charge in [-0.1, -0.05) is 38.1 Å². The summed E-state index contributed by atoms with van der Waals surface area (Å²) in [6.07, 6.45) is 1.02. The predicted octanol–water partition coefficient (Wildman–Crippen LogP) is 4.23. The molecule has 2 aromatic heterocycles. The van der Waals surface area contributed by atoms with Gasteiger partial charge in [-0.25, -0.2) is 4.57 Å². The van der Waals surface area contributed by atoms with Gasteiger partial charge < -0.3 is 0 Å². The van der Waals surface area contributed by atoms with E-state index in [1.165, 1.54) is 27.9 Å². The second-order valence-electron chi connectivity index (χ2n) is 6.41. The largest absolute Gasteiger partial charge is 0.330 e. The summed E-state index contributed by atoms with van der Waals surface area (Å²) in [6.45, 7) is 6.62. The molecule has 112 valence electrons. The van der Waals surface area contributed by atoms with Crippen molar-refractivity contribution in [2.45, 2.75) is 27.2 Å². The van der Waals surface area contributed by atoms with Gasteiger partial charge in [0.15, 0.2) is 5.69 Å². The van der Waals surface area contributed by atoms with Crippen LogP contribution in [0.4, 0.5) is 0 Å². The van der Waals surface area contributed by atoms with Crippen LogP contribution in [-0.2, 0) is 13.5 Å². The lowest BCUT2D eigenvalue weighted by Gasteiger charge is -2.08. The molecule has 0 unspecified atom stereocenters. The number of fused-ring (bicyclic) bond motifs is 1. The molecule has 0 bridgehead atoms. The van der Waals surface area contributed by atoms with Gasteiger partial charge in [0, 0.05) is 12.0 Å². The summed E-state index contributed by atoms with van der Waals surface area (Å²) < 4.78 is 2.21. The number of rotatable bonds is 3. The van der Waals surface area contributed by atoms with Crippen molar-refractivity contribution >= 4 is 11.0 Å². The molecule has 0 saturated heterocycles. The van der Waals surface area contributed by atoms with Crippen LogP contribution in [0.3, 0.4) is 0 Å². The van der Waals surface area contributed by atoms with Crippen LogP contribution >= 0.6 is 0 Å². The molecule has 0 amide bonds. The molecule has 2 nitrogen and oxygen atoms in total. The van der Waals surface area contributed by atoms with Crippen LogP contribution in [-0.4, -0.2) is 4.98 Å². The number of pyridine rings is 2. The fourth-order valence-corrected chi connectivity index (χ4v) is 2.95. The van der Waals surface area contributed by atoms with Crippen molar-refractivity contribution in [2.75, 3.05) is 0 Å². The minimum atomic E-state index is 0.620. The van der Waals surface area contributed by atoms with Gasteiger partial charge >= 0.3 is 5.65 Å². The molecule has 0 N–H and O–H groups in total. The van der Waals surface area contributed by atoms with Gasteiger partial charge in [0.25, 0.3) is 0 Å². The Morgan fingerprint density at radius 1 is 1.00 bits per heavy atom. The van der Waals surface area contributed by atoms with Crippen LogP contribution in [0.5, 0.6) is 0 Å². The first-order valence-corrected chi connectivity index (χ1v) is 7.91. The average molecular weight is 291 g/mol. The molecule has 1 aromatic carbocycles. The van der Waals surface area contributed by atoms with Crippen LogP contribution in [0.2, 0.25) is 0 Å². The van der Waals surface area contributed by atoms with Crippen LogP contribution in [0.15, 0.2) is 48.5 Å². The molecule has 0 fully saturated rings. The maximum absolute atomic E-state index is 4.89. The molecule has 0 aliphatic rings. The predicted molar refractivity (Wildman–Crippen MR) is 91.6 cm³/mol. The van der Waals surface area contributed by atoms with Crippen molar-refractivity contribution in [1.82, 2.24) is 4.98 Å². The molecule has 0 atom stereocenters. The lowest BCUT2D eigenvalue weighted by atomic mass is 10.0. The number of benzene rings is 1. The number of nitrogens with zero attached hydrogens (tertiary/aromatic N) is 2. The van der Waals surface area contributed by atoms with Crippen molar-refractivity contribution in [1.29, 1.82) is 0 Å². The van der Waals surface area contributed by atoms with E-state index in [0.717, 1.165) is 12.1 Å². The summed E-state index contributed by atoms with van der Waals surface area (Å²) in [5.41, 5.74) is 5.98. The Bertz CT molecular complexity index is 819. The standard InChI is InChI=1S/C20H23N2/c1-14(2)13-17-11-9-16-10-12-19(22(4)20(16)21-17)18-8-6-5-7-15(18)3/h5-12,14H,13H2,1-4H3/q+1. The maximum atomic E-state index is 4.89. The molecule has 3 aromatic rings. The minimum absolute atomic E-state index is 0.620. The van der Waals surface area contributed by atoms with E-state index in [-0.39, 0.29) is 0 Å². The summed E-state index contributed by atoms with van der Waals surface area (Å²) in [6, 6.07) is 17.2. The lowest BCUT2D eigenvalue weighted by molar-refractivity contribution is -0.635. The zero-order valence-electron chi connectivity index (χ0n) is 13.8. The van der Waals surface area contributed by atoms with E-state index in [9.17, 15) is 0 Å². The smallest absolute Gasteiger partial charge is 0.226 e. The Morgan fingerprint density at radius 2 is 1.73 bits per heavy atom. The highest BCUT2D eigenvalue weighted by molar-refractivity contribution is 5.74. The van der Waals surface area contributed by atoms with Crippen LogP contribution < -0.4 is 4.57 Å². The van der Waals surface area contributed by atoms with Crippen molar-refractivity contribution in [3.05, 3.63) is 59.8 Å². The average Bonchev–Trinajstić information content (AvgIpc) is 2.49. The molecule has 0 radical (unpaired) electrons. The molecule has 0 aliphatic carbocycles. The fourth-order valence-electron chi connectivity index (χ4n) is 2.95. The SMILES string of the molecule is Cc1ccccc1-c1ccc2ccc(CC(C)C)nc2[n+]1C. The van der Waals surface area contributed by atoms with Gasteiger partial charge in [-0.15, -0.1) is 0 Å². The first-order valence-electron chi connectivity index (χ1n) is 7.91. The van der Waals surface area contributed by atoms with E-state index in [1.807, 2.05) is 0 Å². The third kappa shape index (κ3) is 2.74. The second kappa shape index (κ2) is 5.88. The number of hydrogen-bond acceptors (Lipinski definition) is 1. The van der Waals surface area contributed by atoms with Gasteiger partial charge in [-0.3, -0.25) is 0 Å². The number of aromatic nitrogens is 2. The van der Waals surface area contributed by atoms with E-state index in [4.69, 9.17) is 4.98 Å². The highest BCUT2D eigenvalue weighted by Crippen LogP contribution is 2.22. The van der Waals surface area contributed by atoms with E-state index >= 15 is 0 Å². The number of hydrogen-bond donors (Lipinski definition) is 0. The Morgan fingerprint density at radius 3 is 2.45 bits per heavy atom. The van der Waals surface area contributed by atoms with Crippen LogP contribution in [0.25, 0.3) is 22.3 Å². The quantitative estimate of drug-likeness (QED) is 0.660. The van der Waals surface area contributed by atoms with Crippen LogP contribution in [0, 0.1) is 12.8 Å². The molecule has 22 heavy (non-hydrogen) atoms. The Kier molecular flexibility index (Phi) is 3.93. The Labute approximate surface area is 132 Å². The van der Waals surface area contributed by atoms with Crippen molar-refractivity contribution in [3.63, 3.8) is 0 Å². The molecule has 0 spiro atoms. The van der Waals surface area contributed by atoms with Crippen molar-refractivity contribution in [2.24, 2.45) is 13.0 Å². The molecule has 3 rings (SSSR count). The summed E-state index contributed by atoms with van der Waals surface area (Å²) in [5, 5.41) is 1.19. The van der Waals surface area contributed by atoms with Gasteiger partial charge in [0.2, 0.25) is 0 Å². The highest BCUT2D eigenvalue weighted by atomic mass is 15.0. The van der Waals surface area contributed by atoms with Crippen LogP contribution in [0.1, 0.15) is 25.1 Å². The van der Waals surface area contributed by atoms with E-state index in [1.54, 1.807) is 0 Å². The molecule has 0 aliphatic heterocycles. The Hall–Kier alpha value is -2.22. The van der Waals surface area contributed by atoms with E-state index < -0.39 is 0 Å². The summed E-state index contributed by atoms with van der Waals surface area (Å²) in [7, 11) is 2.11. The van der Waals surface area contributed by atoms with E-state index in [2.05, 4.69) is 80.9 Å². The molecule has 2 heterocycles. The van der Waals surface area contributed by atoms with Crippen molar-refractivity contribution in [3.8, 4) is 11.3 Å². The fraction of sp³-hybridized carbons (Fsp3) is 0.300. The lowest BCUT2D eigenvalue weighted by Crippen LogP contribution is -2.33. The minimum Gasteiger partial charge on any atom is -0.226 e. The highest BCUT2D eigenvalue weighted by Gasteiger charge is 2.16. The van der Waals surface area contributed by atoms with Gasteiger partial charge in [-0.2, -0.15) is 0 Å². The third-order valence-electron chi connectivity index (χ3n) is 4.10. The first-order chi connectivity index (χ1) is 10.6. The monoisotopic (exact) mass is 291 g/mol. The summed E-state index contributed by atoms with van der Waals surface area (Å²) in [4.78, 5) is 4.89. The maximum Gasteiger partial charge on any atom is 0.330 e. The number of aryl methyl sites for hydroxylation is 2. The summed E-state index contributed by atoms with van der Waals surface area (Å²) in [5.74, 6) is 0.620. The zero-order chi connectivity index (χ0) is 15.7. The van der Waals surface area contributed by atoms with Gasteiger partial charge in [0.1, 0.15) is 5.69 Å². The van der Waals surface area contributed by atoms with Crippen molar-refractivity contribution < 1.29 is 4.57 Å². The normalized spacial score (nSPS) is 11.3. The molecule has 0 saturated carbocycles. The molecular weight excluding hydrogens is 268 g/mol. The molecular formula is C20H23N2+. The summed E-state index contributed by atoms with van der Waals surface area (Å²) >= 11 is 0. The third-order valence-corrected chi connectivity index (χ3v) is 4.10. The van der Waals surface area contributed by atoms with Gasteiger partial charge in [-0.05, 0) is 47.7 Å². The zero-order valence-corrected chi connectivity index (χ0v) is 13.8. The van der Waals surface area contributed by atoms with E-state index in [0.29, 0.717) is 5.92 Å². The topological polar surface area (TPSA) is 16.8 Å². The molecule has 2 heteroatoms. The Balaban J connectivity index is 2.17.